The van der Waals surface area contributed by atoms with Crippen LogP contribution in [0.1, 0.15) is 43.0 Å². The monoisotopic (exact) mass is 451 g/mol. The van der Waals surface area contributed by atoms with Crippen LogP contribution in [-0.4, -0.2) is 52.7 Å². The van der Waals surface area contributed by atoms with Crippen LogP contribution in [-0.2, 0) is 11.3 Å². The van der Waals surface area contributed by atoms with Crippen molar-refractivity contribution in [3.63, 3.8) is 0 Å². The number of aliphatic hydroxyl groups is 1. The van der Waals surface area contributed by atoms with Gasteiger partial charge in [0.2, 0.25) is 5.88 Å². The summed E-state index contributed by atoms with van der Waals surface area (Å²) in [5.74, 6) is 1.47. The van der Waals surface area contributed by atoms with Crippen molar-refractivity contribution in [2.45, 2.75) is 52.7 Å². The molecule has 0 bridgehead atoms. The highest BCUT2D eigenvalue weighted by atomic mass is 16.5. The van der Waals surface area contributed by atoms with Gasteiger partial charge in [0, 0.05) is 26.7 Å². The Hall–Kier alpha value is -2.67. The Morgan fingerprint density at radius 3 is 2.45 bits per heavy atom. The van der Waals surface area contributed by atoms with Crippen LogP contribution in [0.3, 0.4) is 0 Å². The lowest BCUT2D eigenvalue weighted by Gasteiger charge is -2.25. The molecule has 2 aromatic carbocycles. The first-order valence-corrected chi connectivity index (χ1v) is 11.8. The van der Waals surface area contributed by atoms with Gasteiger partial charge in [0.25, 0.3) is 0 Å². The highest BCUT2D eigenvalue weighted by Gasteiger charge is 2.22. The second-order valence-electron chi connectivity index (χ2n) is 8.56. The van der Waals surface area contributed by atoms with Gasteiger partial charge in [-0.2, -0.15) is 5.10 Å². The number of para-hydroxylation sites is 1. The molecule has 3 aromatic rings. The smallest absolute Gasteiger partial charge is 0.227 e. The number of methoxy groups -OCH3 is 1. The standard InChI is InChI=1S/C27H37N3O3/c1-5-6-12-24(31)19-29(17-18-32-4)20-26-22(3)28-30(23-10-8-7-9-11-23)27(26)33-25-15-13-21(2)14-16-25/h7-11,13-16,24,31H,5-6,12,17-20H2,1-4H3/t24-/m1/s1. The molecular formula is C27H37N3O3. The largest absolute Gasteiger partial charge is 0.439 e. The fourth-order valence-corrected chi connectivity index (χ4v) is 3.80. The predicted octanol–water partition coefficient (Wildman–Crippen LogP) is 5.28. The first kappa shape index (κ1) is 25.0. The topological polar surface area (TPSA) is 59.8 Å². The Kier molecular flexibility index (Phi) is 9.48. The van der Waals surface area contributed by atoms with Crippen LogP contribution in [0.4, 0.5) is 0 Å². The molecule has 178 valence electrons. The van der Waals surface area contributed by atoms with Crippen LogP contribution < -0.4 is 4.74 Å². The Balaban J connectivity index is 1.94. The Bertz CT molecular complexity index is 970. The molecule has 6 nitrogen and oxygen atoms in total. The number of hydrogen-bond donors (Lipinski definition) is 1. The van der Waals surface area contributed by atoms with E-state index in [0.717, 1.165) is 48.5 Å². The maximum absolute atomic E-state index is 10.6. The van der Waals surface area contributed by atoms with Crippen LogP contribution in [0, 0.1) is 13.8 Å². The van der Waals surface area contributed by atoms with Crippen molar-refractivity contribution in [3.05, 3.63) is 71.4 Å². The van der Waals surface area contributed by atoms with Gasteiger partial charge in [0.05, 0.1) is 29.7 Å². The number of aryl methyl sites for hydroxylation is 2. The van der Waals surface area contributed by atoms with E-state index in [2.05, 4.69) is 18.7 Å². The van der Waals surface area contributed by atoms with Gasteiger partial charge < -0.3 is 14.6 Å². The molecule has 0 aliphatic heterocycles. The van der Waals surface area contributed by atoms with E-state index in [1.807, 2.05) is 66.2 Å². The number of aromatic nitrogens is 2. The van der Waals surface area contributed by atoms with E-state index < -0.39 is 0 Å². The predicted molar refractivity (Wildman–Crippen MR) is 132 cm³/mol. The van der Waals surface area contributed by atoms with E-state index in [1.54, 1.807) is 7.11 Å². The average molecular weight is 452 g/mol. The van der Waals surface area contributed by atoms with Crippen LogP contribution in [0.5, 0.6) is 11.6 Å². The number of benzene rings is 2. The van der Waals surface area contributed by atoms with E-state index >= 15 is 0 Å². The summed E-state index contributed by atoms with van der Waals surface area (Å²) in [4.78, 5) is 2.23. The minimum absolute atomic E-state index is 0.368. The zero-order valence-electron chi connectivity index (χ0n) is 20.3. The van der Waals surface area contributed by atoms with E-state index in [9.17, 15) is 5.11 Å². The summed E-state index contributed by atoms with van der Waals surface area (Å²) in [5, 5.41) is 15.4. The quantitative estimate of drug-likeness (QED) is 0.383. The SMILES string of the molecule is CCCC[C@@H](O)CN(CCOC)Cc1c(C)nn(-c2ccccc2)c1Oc1ccc(C)cc1. The molecule has 1 atom stereocenters. The highest BCUT2D eigenvalue weighted by molar-refractivity contribution is 5.43. The second-order valence-corrected chi connectivity index (χ2v) is 8.56. The van der Waals surface area contributed by atoms with Crippen molar-refractivity contribution in [3.8, 4) is 17.3 Å². The summed E-state index contributed by atoms with van der Waals surface area (Å²) in [7, 11) is 1.70. The average Bonchev–Trinajstić information content (AvgIpc) is 3.13. The van der Waals surface area contributed by atoms with Gasteiger partial charge in [0.15, 0.2) is 0 Å². The van der Waals surface area contributed by atoms with E-state index in [-0.39, 0.29) is 6.10 Å². The third-order valence-corrected chi connectivity index (χ3v) is 5.73. The lowest BCUT2D eigenvalue weighted by Crippen LogP contribution is -2.34. The van der Waals surface area contributed by atoms with Crippen molar-refractivity contribution >= 4 is 0 Å². The summed E-state index contributed by atoms with van der Waals surface area (Å²) < 4.78 is 13.6. The van der Waals surface area contributed by atoms with Crippen molar-refractivity contribution in [2.24, 2.45) is 0 Å². The van der Waals surface area contributed by atoms with Crippen molar-refractivity contribution in [1.82, 2.24) is 14.7 Å². The Morgan fingerprint density at radius 2 is 1.79 bits per heavy atom. The van der Waals surface area contributed by atoms with Gasteiger partial charge in [-0.25, -0.2) is 4.68 Å². The summed E-state index contributed by atoms with van der Waals surface area (Å²) in [6.07, 6.45) is 2.53. The van der Waals surface area contributed by atoms with Crippen molar-refractivity contribution in [2.75, 3.05) is 26.8 Å². The van der Waals surface area contributed by atoms with Gasteiger partial charge in [-0.1, -0.05) is 55.7 Å². The fraction of sp³-hybridized carbons (Fsp3) is 0.444. The maximum atomic E-state index is 10.6. The normalized spacial score (nSPS) is 12.3. The minimum atomic E-state index is -0.368. The van der Waals surface area contributed by atoms with E-state index in [4.69, 9.17) is 14.6 Å². The summed E-state index contributed by atoms with van der Waals surface area (Å²) >= 11 is 0. The van der Waals surface area contributed by atoms with Crippen LogP contribution in [0.15, 0.2) is 54.6 Å². The number of unbranched alkanes of at least 4 members (excludes halogenated alkanes) is 1. The van der Waals surface area contributed by atoms with Gasteiger partial charge in [-0.05, 0) is 44.5 Å². The number of rotatable bonds is 13. The fourth-order valence-electron chi connectivity index (χ4n) is 3.80. The molecule has 0 saturated carbocycles. The van der Waals surface area contributed by atoms with Crippen molar-refractivity contribution < 1.29 is 14.6 Å². The van der Waals surface area contributed by atoms with Gasteiger partial charge in [-0.15, -0.1) is 0 Å². The third-order valence-electron chi connectivity index (χ3n) is 5.73. The summed E-state index contributed by atoms with van der Waals surface area (Å²) in [6, 6.07) is 18.1. The number of nitrogens with zero attached hydrogens (tertiary/aromatic N) is 3. The van der Waals surface area contributed by atoms with Gasteiger partial charge in [-0.3, -0.25) is 4.90 Å². The molecule has 0 aliphatic carbocycles. The molecule has 0 spiro atoms. The van der Waals surface area contributed by atoms with Crippen LogP contribution in [0.25, 0.3) is 5.69 Å². The Labute approximate surface area is 197 Å². The summed E-state index contributed by atoms with van der Waals surface area (Å²) in [5.41, 5.74) is 4.05. The lowest BCUT2D eigenvalue weighted by atomic mass is 10.1. The molecule has 33 heavy (non-hydrogen) atoms. The molecule has 0 fully saturated rings. The molecule has 3 rings (SSSR count). The molecule has 1 aromatic heterocycles. The molecule has 0 unspecified atom stereocenters. The zero-order chi connectivity index (χ0) is 23.6. The molecule has 6 heteroatoms. The second kappa shape index (κ2) is 12.5. The molecule has 0 amide bonds. The molecule has 1 heterocycles. The van der Waals surface area contributed by atoms with E-state index in [1.165, 1.54) is 5.56 Å². The van der Waals surface area contributed by atoms with Crippen molar-refractivity contribution in [1.29, 1.82) is 0 Å². The summed E-state index contributed by atoms with van der Waals surface area (Å²) in [6.45, 7) is 8.74. The van der Waals surface area contributed by atoms with E-state index in [0.29, 0.717) is 25.6 Å². The maximum Gasteiger partial charge on any atom is 0.227 e. The molecule has 0 aliphatic rings. The van der Waals surface area contributed by atoms with Gasteiger partial charge in [0.1, 0.15) is 5.75 Å². The molecule has 0 saturated heterocycles. The first-order chi connectivity index (χ1) is 16.0. The number of hydrogen-bond acceptors (Lipinski definition) is 5. The lowest BCUT2D eigenvalue weighted by molar-refractivity contribution is 0.0786. The van der Waals surface area contributed by atoms with Crippen LogP contribution in [0.2, 0.25) is 0 Å². The number of ether oxygens (including phenoxy) is 2. The third kappa shape index (κ3) is 7.16. The molecular weight excluding hydrogens is 414 g/mol. The van der Waals surface area contributed by atoms with Crippen LogP contribution >= 0.6 is 0 Å². The van der Waals surface area contributed by atoms with Gasteiger partial charge >= 0.3 is 0 Å². The number of aliphatic hydroxyl groups excluding tert-OH is 1. The molecule has 1 N–H and O–H groups in total. The highest BCUT2D eigenvalue weighted by Crippen LogP contribution is 2.32. The zero-order valence-corrected chi connectivity index (χ0v) is 20.3. The molecule has 0 radical (unpaired) electrons. The minimum Gasteiger partial charge on any atom is -0.439 e. The first-order valence-electron chi connectivity index (χ1n) is 11.8. The Morgan fingerprint density at radius 1 is 1.06 bits per heavy atom.